The highest BCUT2D eigenvalue weighted by Gasteiger charge is 2.17. The maximum atomic E-state index is 12.5. The number of halogens is 2. The van der Waals surface area contributed by atoms with Gasteiger partial charge in [0.15, 0.2) is 6.61 Å². The summed E-state index contributed by atoms with van der Waals surface area (Å²) >= 11 is 12.0. The molecule has 1 aliphatic rings. The monoisotopic (exact) mass is 408 g/mol. The lowest BCUT2D eigenvalue weighted by Gasteiger charge is -2.31. The average Bonchev–Trinajstić information content (AvgIpc) is 2.69. The van der Waals surface area contributed by atoms with E-state index in [2.05, 4.69) is 11.0 Å². The predicted octanol–water partition coefficient (Wildman–Crippen LogP) is 3.87. The van der Waals surface area contributed by atoms with Crippen LogP contribution in [0, 0.1) is 0 Å². The number of benzene rings is 2. The third-order valence-corrected chi connectivity index (χ3v) is 4.97. The zero-order valence-electron chi connectivity index (χ0n) is 15.2. The van der Waals surface area contributed by atoms with Crippen LogP contribution in [0.4, 0.5) is 5.69 Å². The molecule has 0 N–H and O–H groups in total. The zero-order valence-corrected chi connectivity index (χ0v) is 16.7. The van der Waals surface area contributed by atoms with E-state index < -0.39 is 0 Å². The summed E-state index contributed by atoms with van der Waals surface area (Å²) in [4.78, 5) is 16.4. The second-order valence-electron chi connectivity index (χ2n) is 6.34. The van der Waals surface area contributed by atoms with Crippen molar-refractivity contribution in [2.75, 3.05) is 44.9 Å². The Balaban J connectivity index is 1.62. The van der Waals surface area contributed by atoms with Crippen molar-refractivity contribution in [3.05, 3.63) is 58.1 Å². The van der Waals surface area contributed by atoms with Gasteiger partial charge in [-0.1, -0.05) is 41.4 Å². The molecule has 1 saturated heterocycles. The first-order valence-electron chi connectivity index (χ1n) is 8.77. The highest BCUT2D eigenvalue weighted by Crippen LogP contribution is 2.28. The molecule has 1 heterocycles. The Morgan fingerprint density at radius 1 is 1.19 bits per heavy atom. The molecule has 27 heavy (non-hydrogen) atoms. The molecule has 3 rings (SSSR count). The van der Waals surface area contributed by atoms with Crippen LogP contribution in [-0.2, 0) is 16.1 Å². The van der Waals surface area contributed by atoms with Crippen LogP contribution in [0.2, 0.25) is 10.0 Å². The van der Waals surface area contributed by atoms with E-state index in [0.29, 0.717) is 22.3 Å². The number of likely N-dealkylation sites (N-methyl/N-ethyl adjacent to an activating group) is 1. The summed E-state index contributed by atoms with van der Waals surface area (Å²) < 4.78 is 11.0. The molecule has 2 aromatic rings. The fourth-order valence-corrected chi connectivity index (χ4v) is 3.27. The van der Waals surface area contributed by atoms with Gasteiger partial charge in [0.1, 0.15) is 5.75 Å². The molecule has 1 aliphatic heterocycles. The molecule has 0 aromatic heterocycles. The van der Waals surface area contributed by atoms with Crippen molar-refractivity contribution in [1.29, 1.82) is 0 Å². The van der Waals surface area contributed by atoms with Crippen LogP contribution in [0.5, 0.6) is 5.75 Å². The number of rotatable bonds is 6. The first kappa shape index (κ1) is 19.8. The Morgan fingerprint density at radius 3 is 2.70 bits per heavy atom. The lowest BCUT2D eigenvalue weighted by Crippen LogP contribution is -2.37. The van der Waals surface area contributed by atoms with E-state index in [9.17, 15) is 4.79 Å². The Kier molecular flexibility index (Phi) is 6.83. The van der Waals surface area contributed by atoms with E-state index in [0.717, 1.165) is 37.6 Å². The number of ether oxygens (including phenoxy) is 2. The Bertz CT molecular complexity index is 795. The van der Waals surface area contributed by atoms with E-state index >= 15 is 0 Å². The first-order chi connectivity index (χ1) is 13.0. The molecule has 7 heteroatoms. The quantitative estimate of drug-likeness (QED) is 0.727. The van der Waals surface area contributed by atoms with Crippen LogP contribution < -0.4 is 9.64 Å². The molecular formula is C20H22Cl2N2O3. The van der Waals surface area contributed by atoms with Crippen molar-refractivity contribution >= 4 is 34.8 Å². The molecule has 144 valence electrons. The Labute approximate surface area is 169 Å². The van der Waals surface area contributed by atoms with Gasteiger partial charge in [-0.2, -0.15) is 0 Å². The minimum absolute atomic E-state index is 0.101. The highest BCUT2D eigenvalue weighted by atomic mass is 35.5. The van der Waals surface area contributed by atoms with E-state index in [1.807, 2.05) is 18.2 Å². The number of hydrogen-bond donors (Lipinski definition) is 0. The molecule has 0 unspecified atom stereocenters. The van der Waals surface area contributed by atoms with Crippen LogP contribution in [0.1, 0.15) is 5.56 Å². The Morgan fingerprint density at radius 2 is 1.93 bits per heavy atom. The van der Waals surface area contributed by atoms with E-state index in [-0.39, 0.29) is 12.5 Å². The molecule has 0 atom stereocenters. The summed E-state index contributed by atoms with van der Waals surface area (Å²) in [5.41, 5.74) is 2.23. The van der Waals surface area contributed by atoms with Crippen molar-refractivity contribution in [3.63, 3.8) is 0 Å². The summed E-state index contributed by atoms with van der Waals surface area (Å²) in [6.07, 6.45) is 0. The second-order valence-corrected chi connectivity index (χ2v) is 7.18. The van der Waals surface area contributed by atoms with Gasteiger partial charge in [-0.3, -0.25) is 4.79 Å². The normalized spacial score (nSPS) is 14.1. The molecule has 0 saturated carbocycles. The largest absolute Gasteiger partial charge is 0.482 e. The summed E-state index contributed by atoms with van der Waals surface area (Å²) in [6.45, 7) is 3.54. The molecular weight excluding hydrogens is 387 g/mol. The number of para-hydroxylation sites is 1. The number of hydrogen-bond acceptors (Lipinski definition) is 4. The highest BCUT2D eigenvalue weighted by molar-refractivity contribution is 6.34. The standard InChI is InChI=1S/C20H22Cl2N2O3/c1-23(20(25)14-27-19-12-16(21)6-7-17(19)22)13-15-4-2-3-5-18(15)24-8-10-26-11-9-24/h2-7,12H,8-11,13-14H2,1H3. The SMILES string of the molecule is CN(Cc1ccccc1N1CCOCC1)C(=O)COc1cc(Cl)ccc1Cl. The molecule has 0 spiro atoms. The molecule has 5 nitrogen and oxygen atoms in total. The maximum absolute atomic E-state index is 12.5. The minimum Gasteiger partial charge on any atom is -0.482 e. The zero-order chi connectivity index (χ0) is 19.2. The van der Waals surface area contributed by atoms with Gasteiger partial charge in [-0.15, -0.1) is 0 Å². The summed E-state index contributed by atoms with van der Waals surface area (Å²) in [5.74, 6) is 0.266. The lowest BCUT2D eigenvalue weighted by atomic mass is 10.1. The topological polar surface area (TPSA) is 42.0 Å². The summed E-state index contributed by atoms with van der Waals surface area (Å²) in [7, 11) is 1.77. The maximum Gasteiger partial charge on any atom is 0.260 e. The fourth-order valence-electron chi connectivity index (χ4n) is 2.94. The Hall–Kier alpha value is -1.95. The molecule has 1 amide bonds. The van der Waals surface area contributed by atoms with Crippen molar-refractivity contribution in [1.82, 2.24) is 4.90 Å². The van der Waals surface area contributed by atoms with Crippen LogP contribution in [0.15, 0.2) is 42.5 Å². The van der Waals surface area contributed by atoms with Crippen LogP contribution in [-0.4, -0.2) is 50.8 Å². The lowest BCUT2D eigenvalue weighted by molar-refractivity contribution is -0.132. The van der Waals surface area contributed by atoms with Crippen LogP contribution in [0.3, 0.4) is 0 Å². The third-order valence-electron chi connectivity index (χ3n) is 4.42. The van der Waals surface area contributed by atoms with Crippen molar-refractivity contribution < 1.29 is 14.3 Å². The number of morpholine rings is 1. The molecule has 0 aliphatic carbocycles. The summed E-state index contributed by atoms with van der Waals surface area (Å²) in [6, 6.07) is 13.1. The summed E-state index contributed by atoms with van der Waals surface area (Å²) in [5, 5.41) is 0.933. The van der Waals surface area contributed by atoms with Gasteiger partial charge in [0, 0.05) is 43.5 Å². The molecule has 0 bridgehead atoms. The number of nitrogens with zero attached hydrogens (tertiary/aromatic N) is 2. The van der Waals surface area contributed by atoms with Gasteiger partial charge in [-0.25, -0.2) is 0 Å². The van der Waals surface area contributed by atoms with Crippen molar-refractivity contribution in [2.24, 2.45) is 0 Å². The van der Waals surface area contributed by atoms with Gasteiger partial charge in [0.25, 0.3) is 5.91 Å². The van der Waals surface area contributed by atoms with E-state index in [1.165, 1.54) is 0 Å². The number of anilines is 1. The van der Waals surface area contributed by atoms with Crippen molar-refractivity contribution in [2.45, 2.75) is 6.54 Å². The van der Waals surface area contributed by atoms with Gasteiger partial charge in [0.2, 0.25) is 0 Å². The van der Waals surface area contributed by atoms with Gasteiger partial charge in [0.05, 0.1) is 18.2 Å². The first-order valence-corrected chi connectivity index (χ1v) is 9.52. The predicted molar refractivity (Wildman–Crippen MR) is 108 cm³/mol. The van der Waals surface area contributed by atoms with Gasteiger partial charge >= 0.3 is 0 Å². The average molecular weight is 409 g/mol. The van der Waals surface area contributed by atoms with Gasteiger partial charge < -0.3 is 19.3 Å². The fraction of sp³-hybridized carbons (Fsp3) is 0.350. The number of carbonyl (C=O) groups excluding carboxylic acids is 1. The molecule has 2 aromatic carbocycles. The van der Waals surface area contributed by atoms with Crippen molar-refractivity contribution in [3.8, 4) is 5.75 Å². The smallest absolute Gasteiger partial charge is 0.260 e. The van der Waals surface area contributed by atoms with Crippen LogP contribution >= 0.6 is 23.2 Å². The minimum atomic E-state index is -0.136. The molecule has 0 radical (unpaired) electrons. The van der Waals surface area contributed by atoms with E-state index in [4.69, 9.17) is 32.7 Å². The van der Waals surface area contributed by atoms with Gasteiger partial charge in [-0.05, 0) is 23.8 Å². The van der Waals surface area contributed by atoms with E-state index in [1.54, 1.807) is 30.1 Å². The third kappa shape index (κ3) is 5.28. The number of amides is 1. The number of carbonyl (C=O) groups is 1. The second kappa shape index (κ2) is 9.31. The molecule has 1 fully saturated rings. The van der Waals surface area contributed by atoms with Crippen LogP contribution in [0.25, 0.3) is 0 Å².